The van der Waals surface area contributed by atoms with E-state index in [0.29, 0.717) is 26.2 Å². The van der Waals surface area contributed by atoms with Crippen molar-refractivity contribution in [1.82, 2.24) is 10.2 Å². The van der Waals surface area contributed by atoms with Gasteiger partial charge in [0.1, 0.15) is 12.6 Å². The third-order valence-electron chi connectivity index (χ3n) is 6.33. The predicted octanol–water partition coefficient (Wildman–Crippen LogP) is 6.79. The maximum absolute atomic E-state index is 14.1. The largest absolute Gasteiger partial charge is 0.350 e. The molecular weight excluding hydrogens is 605 g/mol. The molecule has 0 saturated carbocycles. The summed E-state index contributed by atoms with van der Waals surface area (Å²) in [6.45, 7) is 10.1. The molecule has 0 heterocycles. The van der Waals surface area contributed by atoms with Crippen LogP contribution in [0.4, 0.5) is 5.69 Å². The molecule has 11 heteroatoms. The van der Waals surface area contributed by atoms with Crippen molar-refractivity contribution in [3.8, 4) is 0 Å². The molecule has 0 aliphatic rings. The summed E-state index contributed by atoms with van der Waals surface area (Å²) in [4.78, 5) is 28.6. The van der Waals surface area contributed by atoms with E-state index < -0.39 is 40.0 Å². The highest BCUT2D eigenvalue weighted by atomic mass is 35.5. The lowest BCUT2D eigenvalue weighted by molar-refractivity contribution is -0.140. The average Bonchev–Trinajstić information content (AvgIpc) is 2.88. The number of nitrogens with zero attached hydrogens (tertiary/aromatic N) is 2. The Hall–Kier alpha value is -2.78. The number of aryl methyl sites for hydroxylation is 2. The van der Waals surface area contributed by atoms with Gasteiger partial charge in [-0.15, -0.1) is 0 Å². The van der Waals surface area contributed by atoms with Crippen molar-refractivity contribution >= 4 is 62.3 Å². The number of halogens is 3. The molecule has 0 saturated heterocycles. The Labute approximate surface area is 257 Å². The van der Waals surface area contributed by atoms with Crippen LogP contribution in [-0.4, -0.2) is 43.3 Å². The molecule has 0 fully saturated rings. The van der Waals surface area contributed by atoms with Crippen LogP contribution in [0.25, 0.3) is 0 Å². The molecule has 41 heavy (non-hydrogen) atoms. The summed E-state index contributed by atoms with van der Waals surface area (Å²) in [6, 6.07) is 15.2. The summed E-state index contributed by atoms with van der Waals surface area (Å²) in [7, 11) is -4.21. The Morgan fingerprint density at radius 2 is 1.54 bits per heavy atom. The molecule has 0 bridgehead atoms. The van der Waals surface area contributed by atoms with E-state index in [9.17, 15) is 18.0 Å². The van der Waals surface area contributed by atoms with Gasteiger partial charge >= 0.3 is 0 Å². The van der Waals surface area contributed by atoms with Gasteiger partial charge in [-0.05, 0) is 89.1 Å². The Balaban J connectivity index is 2.09. The highest BCUT2D eigenvalue weighted by Gasteiger charge is 2.34. The summed E-state index contributed by atoms with van der Waals surface area (Å²) in [5, 5.41) is 3.85. The summed E-state index contributed by atoms with van der Waals surface area (Å²) >= 11 is 18.6. The van der Waals surface area contributed by atoms with Crippen LogP contribution in [-0.2, 0) is 26.2 Å². The van der Waals surface area contributed by atoms with Gasteiger partial charge in [-0.2, -0.15) is 0 Å². The minimum Gasteiger partial charge on any atom is -0.350 e. The van der Waals surface area contributed by atoms with Crippen molar-refractivity contribution < 1.29 is 18.0 Å². The van der Waals surface area contributed by atoms with Crippen LogP contribution in [0, 0.1) is 13.8 Å². The fraction of sp³-hybridized carbons (Fsp3) is 0.333. The van der Waals surface area contributed by atoms with Crippen LogP contribution in [0.3, 0.4) is 0 Å². The molecule has 1 atom stereocenters. The standard InChI is InChI=1S/C30H34Cl3N3O4S/c1-19-7-12-24(13-8-19)41(39,40)36(27-16-23(31)11-9-20(27)2)18-28(37)35(21(3)29(38)34-30(4,5)6)17-22-10-14-25(32)26(33)15-22/h7-16,21H,17-18H2,1-6H3,(H,34,38)/t21-/m1/s1. The Bertz CT molecular complexity index is 1540. The SMILES string of the molecule is Cc1ccc(S(=O)(=O)N(CC(=O)N(Cc2ccc(Cl)c(Cl)c2)[C@H](C)C(=O)NC(C)(C)C)c2cc(Cl)ccc2C)cc1. The van der Waals surface area contributed by atoms with Gasteiger partial charge < -0.3 is 10.2 Å². The minimum absolute atomic E-state index is 0.0125. The number of nitrogens with one attached hydrogen (secondary N) is 1. The first-order valence-corrected chi connectivity index (χ1v) is 15.5. The van der Waals surface area contributed by atoms with E-state index in [1.165, 1.54) is 23.1 Å². The van der Waals surface area contributed by atoms with Crippen LogP contribution in [0.15, 0.2) is 65.6 Å². The summed E-state index contributed by atoms with van der Waals surface area (Å²) in [5.41, 5.74) is 1.81. The van der Waals surface area contributed by atoms with Gasteiger partial charge in [0, 0.05) is 17.1 Å². The van der Waals surface area contributed by atoms with E-state index in [1.54, 1.807) is 56.3 Å². The zero-order valence-corrected chi connectivity index (χ0v) is 26.9. The highest BCUT2D eigenvalue weighted by molar-refractivity contribution is 7.92. The lowest BCUT2D eigenvalue weighted by Gasteiger charge is -2.34. The van der Waals surface area contributed by atoms with Crippen molar-refractivity contribution in [3.05, 3.63) is 92.4 Å². The molecule has 3 aromatic rings. The van der Waals surface area contributed by atoms with Crippen LogP contribution in [0.1, 0.15) is 44.4 Å². The first-order chi connectivity index (χ1) is 19.0. The Kier molecular flexibility index (Phi) is 10.4. The van der Waals surface area contributed by atoms with Crippen LogP contribution in [0.5, 0.6) is 0 Å². The molecule has 0 unspecified atom stereocenters. The van der Waals surface area contributed by atoms with Gasteiger partial charge in [-0.1, -0.05) is 64.6 Å². The van der Waals surface area contributed by atoms with Crippen molar-refractivity contribution in [2.45, 2.75) is 64.6 Å². The van der Waals surface area contributed by atoms with Gasteiger partial charge in [-0.25, -0.2) is 8.42 Å². The second-order valence-electron chi connectivity index (χ2n) is 10.9. The molecule has 3 rings (SSSR count). The Morgan fingerprint density at radius 3 is 2.12 bits per heavy atom. The van der Waals surface area contributed by atoms with Crippen molar-refractivity contribution in [3.63, 3.8) is 0 Å². The van der Waals surface area contributed by atoms with E-state index >= 15 is 0 Å². The number of hydrogen-bond donors (Lipinski definition) is 1. The zero-order chi connectivity index (χ0) is 30.7. The quantitative estimate of drug-likeness (QED) is 0.280. The molecule has 2 amide bonds. The zero-order valence-electron chi connectivity index (χ0n) is 23.8. The highest BCUT2D eigenvalue weighted by Crippen LogP contribution is 2.30. The van der Waals surface area contributed by atoms with E-state index in [0.717, 1.165) is 9.87 Å². The van der Waals surface area contributed by atoms with Crippen molar-refractivity contribution in [2.75, 3.05) is 10.8 Å². The average molecular weight is 639 g/mol. The molecule has 0 aliphatic carbocycles. The number of sulfonamides is 1. The van der Waals surface area contributed by atoms with Crippen LogP contribution >= 0.6 is 34.8 Å². The Morgan fingerprint density at radius 1 is 0.902 bits per heavy atom. The monoisotopic (exact) mass is 637 g/mol. The van der Waals surface area contributed by atoms with Gasteiger partial charge in [-0.3, -0.25) is 13.9 Å². The van der Waals surface area contributed by atoms with E-state index in [2.05, 4.69) is 5.32 Å². The number of benzene rings is 3. The van der Waals surface area contributed by atoms with Crippen LogP contribution in [0.2, 0.25) is 15.1 Å². The topological polar surface area (TPSA) is 86.8 Å². The second-order valence-corrected chi connectivity index (χ2v) is 14.1. The first kappa shape index (κ1) is 32.7. The van der Waals surface area contributed by atoms with Gasteiger partial charge in [0.2, 0.25) is 11.8 Å². The number of carbonyl (C=O) groups is 2. The number of amides is 2. The molecule has 3 aromatic carbocycles. The molecule has 0 aromatic heterocycles. The number of hydrogen-bond acceptors (Lipinski definition) is 4. The first-order valence-electron chi connectivity index (χ1n) is 12.9. The third-order valence-corrected chi connectivity index (χ3v) is 9.08. The fourth-order valence-electron chi connectivity index (χ4n) is 4.09. The molecule has 220 valence electrons. The lowest BCUT2D eigenvalue weighted by atomic mass is 10.1. The maximum atomic E-state index is 14.1. The molecule has 7 nitrogen and oxygen atoms in total. The van der Waals surface area contributed by atoms with Gasteiger partial charge in [0.05, 0.1) is 20.6 Å². The predicted molar refractivity (Wildman–Crippen MR) is 166 cm³/mol. The van der Waals surface area contributed by atoms with E-state index in [1.807, 2.05) is 27.7 Å². The third kappa shape index (κ3) is 8.38. The molecular formula is C30H34Cl3N3O4S. The fourth-order valence-corrected chi connectivity index (χ4v) is 6.05. The summed E-state index contributed by atoms with van der Waals surface area (Å²) < 4.78 is 29.0. The number of rotatable bonds is 9. The van der Waals surface area contributed by atoms with Crippen molar-refractivity contribution in [2.24, 2.45) is 0 Å². The van der Waals surface area contributed by atoms with Gasteiger partial charge in [0.25, 0.3) is 10.0 Å². The van der Waals surface area contributed by atoms with Crippen molar-refractivity contribution in [1.29, 1.82) is 0 Å². The van der Waals surface area contributed by atoms with E-state index in [4.69, 9.17) is 34.8 Å². The number of carbonyl (C=O) groups excluding carboxylic acids is 2. The number of anilines is 1. The normalized spacial score (nSPS) is 12.5. The van der Waals surface area contributed by atoms with E-state index in [-0.39, 0.29) is 17.1 Å². The van der Waals surface area contributed by atoms with Gasteiger partial charge in [0.15, 0.2) is 0 Å². The lowest BCUT2D eigenvalue weighted by Crippen LogP contribution is -2.54. The summed E-state index contributed by atoms with van der Waals surface area (Å²) in [5.74, 6) is -0.986. The molecule has 1 N–H and O–H groups in total. The second kappa shape index (κ2) is 13.0. The molecule has 0 spiro atoms. The minimum atomic E-state index is -4.21. The summed E-state index contributed by atoms with van der Waals surface area (Å²) in [6.07, 6.45) is 0. The maximum Gasteiger partial charge on any atom is 0.264 e. The molecule has 0 aliphatic heterocycles. The van der Waals surface area contributed by atoms with Crippen LogP contribution < -0.4 is 9.62 Å². The molecule has 0 radical (unpaired) electrons. The smallest absolute Gasteiger partial charge is 0.264 e.